The van der Waals surface area contributed by atoms with Gasteiger partial charge in [-0.15, -0.1) is 0 Å². The van der Waals surface area contributed by atoms with E-state index in [1.807, 2.05) is 23.1 Å². The molecule has 0 spiro atoms. The molecule has 6 heteroatoms. The number of carbonyl (C=O) groups is 1. The van der Waals surface area contributed by atoms with Gasteiger partial charge in [0.1, 0.15) is 5.82 Å². The first-order chi connectivity index (χ1) is 15.2. The predicted molar refractivity (Wildman–Crippen MR) is 123 cm³/mol. The number of hydrogen-bond acceptors (Lipinski definition) is 5. The fraction of sp³-hybridized carbons (Fsp3) is 0.560. The van der Waals surface area contributed by atoms with E-state index in [4.69, 9.17) is 14.7 Å². The molecular formula is C25H34N4O2. The van der Waals surface area contributed by atoms with Crippen molar-refractivity contribution in [3.8, 4) is 11.4 Å². The van der Waals surface area contributed by atoms with E-state index in [1.54, 1.807) is 0 Å². The van der Waals surface area contributed by atoms with Crippen molar-refractivity contribution >= 4 is 11.7 Å². The largest absolute Gasteiger partial charge is 0.378 e. The third-order valence-corrected chi connectivity index (χ3v) is 6.44. The minimum atomic E-state index is 0.123. The number of amides is 1. The highest BCUT2D eigenvalue weighted by Gasteiger charge is 2.30. The van der Waals surface area contributed by atoms with Crippen LogP contribution >= 0.6 is 0 Å². The van der Waals surface area contributed by atoms with Gasteiger partial charge in [-0.3, -0.25) is 4.79 Å². The first-order valence-electron chi connectivity index (χ1n) is 11.8. The van der Waals surface area contributed by atoms with Crippen LogP contribution in [-0.4, -0.2) is 53.6 Å². The molecule has 166 valence electrons. The average Bonchev–Trinajstić information content (AvgIpc) is 2.84. The van der Waals surface area contributed by atoms with Crippen LogP contribution in [0.1, 0.15) is 50.8 Å². The molecular weight excluding hydrogens is 388 g/mol. The molecule has 1 atom stereocenters. The van der Waals surface area contributed by atoms with Gasteiger partial charge in [-0.05, 0) is 12.8 Å². The minimum Gasteiger partial charge on any atom is -0.378 e. The molecule has 1 saturated heterocycles. The highest BCUT2D eigenvalue weighted by Crippen LogP contribution is 2.31. The Hall–Kier alpha value is -2.47. The molecule has 31 heavy (non-hydrogen) atoms. The van der Waals surface area contributed by atoms with Gasteiger partial charge >= 0.3 is 0 Å². The van der Waals surface area contributed by atoms with Crippen molar-refractivity contribution in [3.63, 3.8) is 0 Å². The Balaban J connectivity index is 1.65. The highest BCUT2D eigenvalue weighted by molar-refractivity contribution is 5.79. The second-order valence-electron chi connectivity index (χ2n) is 8.52. The smallest absolute Gasteiger partial charge is 0.225 e. The third kappa shape index (κ3) is 4.90. The zero-order chi connectivity index (χ0) is 21.6. The summed E-state index contributed by atoms with van der Waals surface area (Å²) in [7, 11) is 0. The van der Waals surface area contributed by atoms with Crippen LogP contribution in [0.4, 0.5) is 5.82 Å². The summed E-state index contributed by atoms with van der Waals surface area (Å²) >= 11 is 0. The molecule has 0 aliphatic carbocycles. The number of ether oxygens (including phenoxy) is 1. The van der Waals surface area contributed by atoms with Crippen LogP contribution < -0.4 is 4.90 Å². The molecule has 6 nitrogen and oxygen atoms in total. The predicted octanol–water partition coefficient (Wildman–Crippen LogP) is 4.08. The van der Waals surface area contributed by atoms with Gasteiger partial charge in [0, 0.05) is 43.1 Å². The number of unbranched alkanes of at least 4 members (excludes halogenated alkanes) is 1. The lowest BCUT2D eigenvalue weighted by atomic mass is 9.96. The maximum Gasteiger partial charge on any atom is 0.225 e. The summed E-state index contributed by atoms with van der Waals surface area (Å²) in [5.74, 6) is 2.17. The molecule has 4 rings (SSSR count). The number of fused-ring (bicyclic) bond motifs is 1. The Bertz CT molecular complexity index is 881. The van der Waals surface area contributed by atoms with Gasteiger partial charge in [-0.1, -0.05) is 57.0 Å². The molecule has 1 aromatic carbocycles. The van der Waals surface area contributed by atoms with E-state index in [-0.39, 0.29) is 5.92 Å². The lowest BCUT2D eigenvalue weighted by Crippen LogP contribution is -2.42. The van der Waals surface area contributed by atoms with E-state index in [0.29, 0.717) is 25.7 Å². The highest BCUT2D eigenvalue weighted by atomic mass is 16.5. The Morgan fingerprint density at radius 2 is 1.87 bits per heavy atom. The number of carbonyl (C=O) groups excluding carboxylic acids is 1. The molecule has 1 amide bonds. The first-order valence-corrected chi connectivity index (χ1v) is 11.8. The molecule has 0 saturated carbocycles. The molecule has 1 fully saturated rings. The summed E-state index contributed by atoms with van der Waals surface area (Å²) in [6.45, 7) is 8.71. The Labute approximate surface area is 185 Å². The van der Waals surface area contributed by atoms with E-state index >= 15 is 0 Å². The fourth-order valence-electron chi connectivity index (χ4n) is 4.55. The van der Waals surface area contributed by atoms with Crippen molar-refractivity contribution in [2.45, 2.75) is 52.5 Å². The van der Waals surface area contributed by atoms with E-state index in [2.05, 4.69) is 30.9 Å². The number of nitrogens with zero attached hydrogens (tertiary/aromatic N) is 4. The molecule has 0 bridgehead atoms. The molecule has 2 aliphatic rings. The lowest BCUT2D eigenvalue weighted by Gasteiger charge is -2.35. The number of hydrogen-bond donors (Lipinski definition) is 0. The van der Waals surface area contributed by atoms with E-state index in [9.17, 15) is 4.79 Å². The Kier molecular flexibility index (Phi) is 7.17. The summed E-state index contributed by atoms with van der Waals surface area (Å²) < 4.78 is 5.57. The molecule has 0 radical (unpaired) electrons. The van der Waals surface area contributed by atoms with Crippen molar-refractivity contribution in [2.75, 3.05) is 37.7 Å². The molecule has 0 N–H and O–H groups in total. The number of benzene rings is 1. The van der Waals surface area contributed by atoms with Gasteiger partial charge < -0.3 is 14.5 Å². The Morgan fingerprint density at radius 3 is 2.58 bits per heavy atom. The van der Waals surface area contributed by atoms with Crippen molar-refractivity contribution in [1.29, 1.82) is 0 Å². The summed E-state index contributed by atoms with van der Waals surface area (Å²) in [5, 5.41) is 0. The van der Waals surface area contributed by atoms with Gasteiger partial charge in [0.25, 0.3) is 0 Å². The van der Waals surface area contributed by atoms with Gasteiger partial charge in [-0.2, -0.15) is 0 Å². The number of anilines is 1. The fourth-order valence-corrected chi connectivity index (χ4v) is 4.55. The van der Waals surface area contributed by atoms with Crippen molar-refractivity contribution in [2.24, 2.45) is 5.92 Å². The first kappa shape index (κ1) is 21.8. The van der Waals surface area contributed by atoms with Gasteiger partial charge in [-0.25, -0.2) is 9.97 Å². The van der Waals surface area contributed by atoms with Crippen molar-refractivity contribution < 1.29 is 9.53 Å². The maximum atomic E-state index is 13.3. The van der Waals surface area contributed by atoms with Crippen LogP contribution in [0.3, 0.4) is 0 Å². The monoisotopic (exact) mass is 422 g/mol. The topological polar surface area (TPSA) is 58.6 Å². The number of aromatic nitrogens is 2. The second-order valence-corrected chi connectivity index (χ2v) is 8.52. The SMILES string of the molecule is CCCC[C@H](CC)C(=O)N1CCc2nc(-c3ccccc3)nc(N3CCOCC3)c2C1. The summed E-state index contributed by atoms with van der Waals surface area (Å²) in [6, 6.07) is 10.2. The van der Waals surface area contributed by atoms with Gasteiger partial charge in [0.2, 0.25) is 5.91 Å². The van der Waals surface area contributed by atoms with Crippen LogP contribution in [0.25, 0.3) is 11.4 Å². The summed E-state index contributed by atoms with van der Waals surface area (Å²) in [4.78, 5) is 27.6. The third-order valence-electron chi connectivity index (χ3n) is 6.44. The molecule has 1 aromatic heterocycles. The van der Waals surface area contributed by atoms with Crippen LogP contribution in [0.5, 0.6) is 0 Å². The second kappa shape index (κ2) is 10.2. The average molecular weight is 423 g/mol. The molecule has 0 unspecified atom stereocenters. The summed E-state index contributed by atoms with van der Waals surface area (Å²) in [5.41, 5.74) is 3.23. The van der Waals surface area contributed by atoms with E-state index in [1.165, 1.54) is 0 Å². The lowest BCUT2D eigenvalue weighted by molar-refractivity contribution is -0.136. The molecule has 3 heterocycles. The van der Waals surface area contributed by atoms with Gasteiger partial charge in [0.15, 0.2) is 5.82 Å². The van der Waals surface area contributed by atoms with Crippen LogP contribution in [0.15, 0.2) is 30.3 Å². The normalized spacial score (nSPS) is 17.4. The minimum absolute atomic E-state index is 0.123. The maximum absolute atomic E-state index is 13.3. The Morgan fingerprint density at radius 1 is 1.10 bits per heavy atom. The van der Waals surface area contributed by atoms with Crippen molar-refractivity contribution in [3.05, 3.63) is 41.6 Å². The van der Waals surface area contributed by atoms with Crippen LogP contribution in [0, 0.1) is 5.92 Å². The van der Waals surface area contributed by atoms with Crippen LogP contribution in [-0.2, 0) is 22.5 Å². The zero-order valence-electron chi connectivity index (χ0n) is 18.8. The quantitative estimate of drug-likeness (QED) is 0.673. The molecule has 2 aliphatic heterocycles. The van der Waals surface area contributed by atoms with Crippen molar-refractivity contribution in [1.82, 2.24) is 14.9 Å². The zero-order valence-corrected chi connectivity index (χ0v) is 18.8. The summed E-state index contributed by atoms with van der Waals surface area (Å²) in [6.07, 6.45) is 4.91. The van der Waals surface area contributed by atoms with Gasteiger partial charge in [0.05, 0.1) is 25.5 Å². The molecule has 2 aromatic rings. The standard InChI is InChI=1S/C25H34N4O2/c1-3-5-9-19(4-2)25(30)29-13-12-22-21(18-29)24(28-14-16-31-17-15-28)27-23(26-22)20-10-7-6-8-11-20/h6-8,10-11,19H,3-5,9,12-18H2,1-2H3/t19-/m0/s1. The van der Waals surface area contributed by atoms with E-state index in [0.717, 1.165) is 80.2 Å². The van der Waals surface area contributed by atoms with E-state index < -0.39 is 0 Å². The number of morpholine rings is 1. The number of rotatable bonds is 7. The van der Waals surface area contributed by atoms with Crippen LogP contribution in [0.2, 0.25) is 0 Å².